The lowest BCUT2D eigenvalue weighted by Crippen LogP contribution is -2.56. The SMILES string of the molecule is FC1(F)CCN(Cc2cccnc2)CC12CCN(c1cccnc1)C2. The van der Waals surface area contributed by atoms with Gasteiger partial charge >= 0.3 is 0 Å². The van der Waals surface area contributed by atoms with Crippen LogP contribution in [-0.4, -0.2) is 47.0 Å². The maximum atomic E-state index is 14.9. The van der Waals surface area contributed by atoms with Crippen molar-refractivity contribution >= 4 is 5.69 Å². The summed E-state index contributed by atoms with van der Waals surface area (Å²) in [7, 11) is 0. The molecule has 4 nitrogen and oxygen atoms in total. The molecule has 4 heterocycles. The van der Waals surface area contributed by atoms with Crippen LogP contribution in [0.2, 0.25) is 0 Å². The molecule has 0 N–H and O–H groups in total. The first-order valence-corrected chi connectivity index (χ1v) is 8.72. The lowest BCUT2D eigenvalue weighted by atomic mass is 9.75. The summed E-state index contributed by atoms with van der Waals surface area (Å²) < 4.78 is 29.8. The third kappa shape index (κ3) is 3.11. The molecule has 2 aromatic rings. The maximum absolute atomic E-state index is 14.9. The van der Waals surface area contributed by atoms with E-state index in [0.717, 1.165) is 11.3 Å². The number of likely N-dealkylation sites (tertiary alicyclic amines) is 1. The molecule has 0 saturated carbocycles. The van der Waals surface area contributed by atoms with Gasteiger partial charge in [0.05, 0.1) is 17.3 Å². The molecule has 2 fully saturated rings. The Balaban J connectivity index is 1.52. The molecule has 2 aliphatic rings. The van der Waals surface area contributed by atoms with E-state index in [-0.39, 0.29) is 6.42 Å². The number of nitrogens with zero attached hydrogens (tertiary/aromatic N) is 4. The zero-order valence-electron chi connectivity index (χ0n) is 14.1. The van der Waals surface area contributed by atoms with E-state index in [1.807, 2.05) is 30.5 Å². The Hall–Kier alpha value is -2.08. The van der Waals surface area contributed by atoms with Gasteiger partial charge in [0.15, 0.2) is 0 Å². The van der Waals surface area contributed by atoms with Crippen molar-refractivity contribution in [3.8, 4) is 0 Å². The molecule has 0 aliphatic carbocycles. The van der Waals surface area contributed by atoms with E-state index in [2.05, 4.69) is 19.8 Å². The molecule has 1 spiro atoms. The van der Waals surface area contributed by atoms with Crippen molar-refractivity contribution in [1.29, 1.82) is 0 Å². The maximum Gasteiger partial charge on any atom is 0.257 e. The van der Waals surface area contributed by atoms with Crippen LogP contribution in [-0.2, 0) is 6.54 Å². The highest BCUT2D eigenvalue weighted by molar-refractivity contribution is 5.45. The van der Waals surface area contributed by atoms with E-state index in [1.165, 1.54) is 0 Å². The highest BCUT2D eigenvalue weighted by Gasteiger charge is 2.59. The third-order valence-electron chi connectivity index (χ3n) is 5.54. The van der Waals surface area contributed by atoms with E-state index >= 15 is 0 Å². The number of halogens is 2. The number of alkyl halides is 2. The zero-order valence-corrected chi connectivity index (χ0v) is 14.1. The van der Waals surface area contributed by atoms with E-state index in [1.54, 1.807) is 18.6 Å². The fraction of sp³-hybridized carbons (Fsp3) is 0.474. The second-order valence-corrected chi connectivity index (χ2v) is 7.19. The van der Waals surface area contributed by atoms with Gasteiger partial charge in [-0.2, -0.15) is 0 Å². The number of hydrogen-bond donors (Lipinski definition) is 0. The summed E-state index contributed by atoms with van der Waals surface area (Å²) in [5.41, 5.74) is 1.02. The summed E-state index contributed by atoms with van der Waals surface area (Å²) in [6, 6.07) is 7.70. The normalized spacial score (nSPS) is 26.2. The fourth-order valence-corrected chi connectivity index (χ4v) is 4.13. The van der Waals surface area contributed by atoms with E-state index in [9.17, 15) is 8.78 Å². The summed E-state index contributed by atoms with van der Waals surface area (Å²) in [5.74, 6) is -2.63. The number of anilines is 1. The predicted octanol–water partition coefficient (Wildman–Crippen LogP) is 3.21. The molecule has 2 aromatic heterocycles. The predicted molar refractivity (Wildman–Crippen MR) is 92.6 cm³/mol. The Kier molecular flexibility index (Phi) is 4.15. The summed E-state index contributed by atoms with van der Waals surface area (Å²) in [5, 5.41) is 0. The average molecular weight is 344 g/mol. The molecule has 2 aliphatic heterocycles. The van der Waals surface area contributed by atoms with Crippen molar-refractivity contribution in [1.82, 2.24) is 14.9 Å². The monoisotopic (exact) mass is 344 g/mol. The third-order valence-corrected chi connectivity index (χ3v) is 5.54. The van der Waals surface area contributed by atoms with Crippen molar-refractivity contribution in [3.63, 3.8) is 0 Å². The van der Waals surface area contributed by atoms with Crippen LogP contribution in [0.3, 0.4) is 0 Å². The van der Waals surface area contributed by atoms with E-state index in [0.29, 0.717) is 39.1 Å². The van der Waals surface area contributed by atoms with Gasteiger partial charge in [0.2, 0.25) is 0 Å². The van der Waals surface area contributed by atoms with Gasteiger partial charge in [0.1, 0.15) is 0 Å². The van der Waals surface area contributed by atoms with Crippen LogP contribution < -0.4 is 4.90 Å². The Labute approximate surface area is 146 Å². The first-order chi connectivity index (χ1) is 12.1. The molecule has 2 saturated heterocycles. The lowest BCUT2D eigenvalue weighted by molar-refractivity contribution is -0.158. The van der Waals surface area contributed by atoms with Gasteiger partial charge in [0, 0.05) is 57.7 Å². The fourth-order valence-electron chi connectivity index (χ4n) is 4.13. The van der Waals surface area contributed by atoms with Crippen molar-refractivity contribution in [2.75, 3.05) is 31.1 Å². The highest BCUT2D eigenvalue weighted by atomic mass is 19.3. The molecule has 0 amide bonds. The van der Waals surface area contributed by atoms with Crippen molar-refractivity contribution in [2.24, 2.45) is 5.41 Å². The second-order valence-electron chi connectivity index (χ2n) is 7.19. The van der Waals surface area contributed by atoms with Gasteiger partial charge in [-0.1, -0.05) is 6.07 Å². The number of hydrogen-bond acceptors (Lipinski definition) is 4. The Morgan fingerprint density at radius 2 is 1.76 bits per heavy atom. The molecule has 1 atom stereocenters. The van der Waals surface area contributed by atoms with Crippen LogP contribution in [0.4, 0.5) is 14.5 Å². The largest absolute Gasteiger partial charge is 0.369 e. The summed E-state index contributed by atoms with van der Waals surface area (Å²) >= 11 is 0. The molecular formula is C19H22F2N4. The van der Waals surface area contributed by atoms with Crippen LogP contribution >= 0.6 is 0 Å². The Morgan fingerprint density at radius 1 is 0.960 bits per heavy atom. The molecule has 0 aromatic carbocycles. The molecule has 0 radical (unpaired) electrons. The number of pyridine rings is 2. The van der Waals surface area contributed by atoms with Crippen molar-refractivity contribution in [3.05, 3.63) is 54.6 Å². The van der Waals surface area contributed by atoms with Gasteiger partial charge in [-0.3, -0.25) is 14.9 Å². The van der Waals surface area contributed by atoms with Crippen LogP contribution in [0, 0.1) is 5.41 Å². The van der Waals surface area contributed by atoms with Gasteiger partial charge in [0.25, 0.3) is 5.92 Å². The molecule has 1 unspecified atom stereocenters. The van der Waals surface area contributed by atoms with Crippen LogP contribution in [0.1, 0.15) is 18.4 Å². The van der Waals surface area contributed by atoms with Gasteiger partial charge < -0.3 is 4.90 Å². The van der Waals surface area contributed by atoms with Crippen LogP contribution in [0.5, 0.6) is 0 Å². The number of rotatable bonds is 3. The minimum atomic E-state index is -2.63. The smallest absolute Gasteiger partial charge is 0.257 e. The Morgan fingerprint density at radius 3 is 2.48 bits per heavy atom. The second kappa shape index (κ2) is 6.33. The highest BCUT2D eigenvalue weighted by Crippen LogP contribution is 2.50. The molecule has 4 rings (SSSR count). The first-order valence-electron chi connectivity index (χ1n) is 8.72. The quantitative estimate of drug-likeness (QED) is 0.856. The minimum absolute atomic E-state index is 0.0753. The molecule has 0 bridgehead atoms. The Bertz CT molecular complexity index is 710. The van der Waals surface area contributed by atoms with E-state index in [4.69, 9.17) is 0 Å². The zero-order chi connectivity index (χ0) is 17.3. The average Bonchev–Trinajstić information content (AvgIpc) is 3.06. The minimum Gasteiger partial charge on any atom is -0.369 e. The standard InChI is InChI=1S/C19H22F2N4/c20-19(21)6-9-24(13-16-3-1-7-22-11-16)14-18(19)5-10-25(15-18)17-4-2-8-23-12-17/h1-4,7-8,11-12H,5-6,9-10,13-15H2. The number of piperidine rings is 1. The van der Waals surface area contributed by atoms with Gasteiger partial charge in [-0.05, 0) is 30.2 Å². The van der Waals surface area contributed by atoms with Crippen LogP contribution in [0.15, 0.2) is 49.1 Å². The van der Waals surface area contributed by atoms with Gasteiger partial charge in [-0.15, -0.1) is 0 Å². The number of aromatic nitrogens is 2. The lowest BCUT2D eigenvalue weighted by Gasteiger charge is -2.46. The summed E-state index contributed by atoms with van der Waals surface area (Å²) in [4.78, 5) is 12.5. The molecule has 25 heavy (non-hydrogen) atoms. The van der Waals surface area contributed by atoms with Crippen molar-refractivity contribution < 1.29 is 8.78 Å². The molecule has 6 heteroatoms. The van der Waals surface area contributed by atoms with E-state index < -0.39 is 11.3 Å². The molecular weight excluding hydrogens is 322 g/mol. The van der Waals surface area contributed by atoms with Crippen LogP contribution in [0.25, 0.3) is 0 Å². The molecule has 132 valence electrons. The first kappa shape index (κ1) is 16.4. The summed E-state index contributed by atoms with van der Waals surface area (Å²) in [6.45, 7) is 2.57. The van der Waals surface area contributed by atoms with Crippen molar-refractivity contribution in [2.45, 2.75) is 25.3 Å². The topological polar surface area (TPSA) is 32.3 Å². The van der Waals surface area contributed by atoms with Gasteiger partial charge in [-0.25, -0.2) is 8.78 Å². The summed E-state index contributed by atoms with van der Waals surface area (Å²) in [6.07, 6.45) is 7.45.